The van der Waals surface area contributed by atoms with Crippen LogP contribution in [0.2, 0.25) is 5.02 Å². The van der Waals surface area contributed by atoms with Crippen molar-refractivity contribution in [2.24, 2.45) is 4.99 Å². The molecule has 0 unspecified atom stereocenters. The number of carbonyl (C=O) groups is 1. The molecular weight excluding hydrogens is 818 g/mol. The highest BCUT2D eigenvalue weighted by Gasteiger charge is 2.32. The van der Waals surface area contributed by atoms with Gasteiger partial charge in [-0.2, -0.15) is 4.31 Å². The predicted octanol–water partition coefficient (Wildman–Crippen LogP) is 7.27. The molecule has 0 saturated carbocycles. The molecule has 1 atom stereocenters. The molecule has 4 heterocycles. The topological polar surface area (TPSA) is 154 Å². The van der Waals surface area contributed by atoms with Crippen LogP contribution in [0.4, 0.5) is 0 Å². The molecule has 2 aliphatic rings. The fourth-order valence-corrected chi connectivity index (χ4v) is 9.79. The number of aliphatic imine (C=N–C) groups is 1. The predicted molar refractivity (Wildman–Crippen MR) is 234 cm³/mol. The van der Waals surface area contributed by atoms with Crippen LogP contribution in [-0.4, -0.2) is 115 Å². The molecule has 61 heavy (non-hydrogen) atoms. The number of halogens is 1. The lowest BCUT2D eigenvalue weighted by Crippen LogP contribution is -2.48. The molecule has 324 valence electrons. The van der Waals surface area contributed by atoms with Gasteiger partial charge in [0.2, 0.25) is 10.0 Å². The fraction of sp³-hybridized carbons (Fsp3) is 0.444. The van der Waals surface area contributed by atoms with Crippen LogP contribution in [0.5, 0.6) is 5.75 Å². The summed E-state index contributed by atoms with van der Waals surface area (Å²) in [7, 11) is -2.03. The van der Waals surface area contributed by atoms with Crippen LogP contribution in [0.3, 0.4) is 0 Å². The van der Waals surface area contributed by atoms with Crippen molar-refractivity contribution in [1.29, 1.82) is 0 Å². The molecule has 0 radical (unpaired) electrons. The number of ketones is 1. The summed E-state index contributed by atoms with van der Waals surface area (Å²) in [5.41, 5.74) is 6.41. The number of Topliss-reactive ketones (excluding diaryl/α,β-unsaturated/α-hetero) is 1. The van der Waals surface area contributed by atoms with E-state index in [-0.39, 0.29) is 12.2 Å². The van der Waals surface area contributed by atoms with E-state index in [1.165, 1.54) is 0 Å². The number of unbranched alkanes of at least 4 members (excludes halogenated alkanes) is 1. The van der Waals surface area contributed by atoms with Crippen molar-refractivity contribution in [2.45, 2.75) is 70.7 Å². The molecule has 0 spiro atoms. The lowest BCUT2D eigenvalue weighted by Gasteiger charge is -2.34. The van der Waals surface area contributed by atoms with Crippen molar-refractivity contribution < 1.29 is 31.9 Å². The van der Waals surface area contributed by atoms with Crippen molar-refractivity contribution in [3.63, 3.8) is 0 Å². The number of ether oxygens (including phenoxy) is 3. The number of piperazine rings is 1. The van der Waals surface area contributed by atoms with Crippen molar-refractivity contribution >= 4 is 33.1 Å². The summed E-state index contributed by atoms with van der Waals surface area (Å²) < 4.78 is 53.5. The highest BCUT2D eigenvalue weighted by molar-refractivity contribution is 7.89. The van der Waals surface area contributed by atoms with Crippen molar-refractivity contribution in [2.75, 3.05) is 66.3 Å². The molecule has 0 bridgehead atoms. The number of methoxy groups -OCH3 is 1. The zero-order valence-corrected chi connectivity index (χ0v) is 37.1. The minimum atomic E-state index is -3.66. The van der Waals surface area contributed by atoms with Crippen LogP contribution >= 0.6 is 11.6 Å². The molecule has 2 aromatic heterocycles. The first-order valence-electron chi connectivity index (χ1n) is 20.8. The van der Waals surface area contributed by atoms with E-state index in [0.29, 0.717) is 104 Å². The third-order valence-electron chi connectivity index (χ3n) is 11.3. The number of aromatic nitrogens is 4. The Labute approximate surface area is 362 Å². The zero-order valence-electron chi connectivity index (χ0n) is 35.5. The van der Waals surface area contributed by atoms with Gasteiger partial charge in [0.05, 0.1) is 42.3 Å². The second-order valence-electron chi connectivity index (χ2n) is 15.5. The van der Waals surface area contributed by atoms with Gasteiger partial charge in [-0.1, -0.05) is 41.0 Å². The van der Waals surface area contributed by atoms with Crippen LogP contribution in [0, 0.1) is 27.7 Å². The van der Waals surface area contributed by atoms with E-state index < -0.39 is 16.1 Å². The second-order valence-corrected chi connectivity index (χ2v) is 17.9. The average Bonchev–Trinajstić information content (AvgIpc) is 3.77. The molecule has 0 aliphatic carbocycles. The van der Waals surface area contributed by atoms with E-state index in [1.54, 1.807) is 17.5 Å². The molecule has 1 saturated heterocycles. The minimum absolute atomic E-state index is 0.0979. The van der Waals surface area contributed by atoms with Gasteiger partial charge in [0.15, 0.2) is 5.82 Å². The molecule has 1 fully saturated rings. The Morgan fingerprint density at radius 3 is 2.28 bits per heavy atom. The molecule has 3 aromatic carbocycles. The first-order chi connectivity index (χ1) is 29.4. The van der Waals surface area contributed by atoms with Crippen LogP contribution in [0.25, 0.3) is 16.8 Å². The van der Waals surface area contributed by atoms with Crippen LogP contribution in [-0.2, 0) is 24.3 Å². The number of benzene rings is 3. The Bertz CT molecular complexity index is 2440. The summed E-state index contributed by atoms with van der Waals surface area (Å²) >= 11 is 6.23. The second kappa shape index (κ2) is 20.0. The highest BCUT2D eigenvalue weighted by atomic mass is 35.5. The number of carbonyl (C=O) groups excluding carboxylic acids is 1. The molecule has 5 aromatic rings. The fourth-order valence-electron chi connectivity index (χ4n) is 7.99. The Morgan fingerprint density at radius 2 is 1.57 bits per heavy atom. The van der Waals surface area contributed by atoms with E-state index in [9.17, 15) is 13.2 Å². The maximum absolute atomic E-state index is 13.7. The zero-order chi connectivity index (χ0) is 43.1. The smallest absolute Gasteiger partial charge is 0.243 e. The number of nitrogens with zero attached hydrogens (tertiary/aromatic N) is 7. The SMILES string of the molecule is COc1ccc2c(c1)C(c1ccc(Cl)cc1)=N[C@@H](CC(=O)CCCCOCCOCCCN1CCN(S(=O)(=O)c3cc(-c4c(C)noc4C)ccc3C)CC1)c1nnc(C)n1-2. The first-order valence-corrected chi connectivity index (χ1v) is 22.6. The Morgan fingerprint density at radius 1 is 0.852 bits per heavy atom. The van der Waals surface area contributed by atoms with E-state index in [2.05, 4.69) is 20.3 Å². The average molecular weight is 872 g/mol. The van der Waals surface area contributed by atoms with Gasteiger partial charge in [-0.05, 0) is 94.5 Å². The molecule has 16 heteroatoms. The normalized spacial score (nSPS) is 15.9. The third-order valence-corrected chi connectivity index (χ3v) is 13.6. The molecule has 0 amide bonds. The number of aryl methyl sites for hydroxylation is 4. The van der Waals surface area contributed by atoms with E-state index in [4.69, 9.17) is 35.3 Å². The maximum Gasteiger partial charge on any atom is 0.243 e. The van der Waals surface area contributed by atoms with E-state index >= 15 is 0 Å². The third kappa shape index (κ3) is 10.3. The van der Waals surface area contributed by atoms with Crippen molar-refractivity contribution in [3.05, 3.63) is 105 Å². The number of rotatable bonds is 19. The lowest BCUT2D eigenvalue weighted by atomic mass is 9.99. The largest absolute Gasteiger partial charge is 0.497 e. The minimum Gasteiger partial charge on any atom is -0.497 e. The van der Waals surface area contributed by atoms with Gasteiger partial charge in [0.1, 0.15) is 29.2 Å². The van der Waals surface area contributed by atoms with Gasteiger partial charge in [-0.25, -0.2) is 8.42 Å². The van der Waals surface area contributed by atoms with E-state index in [1.807, 2.05) is 86.9 Å². The summed E-state index contributed by atoms with van der Waals surface area (Å²) in [6, 6.07) is 18.3. The lowest BCUT2D eigenvalue weighted by molar-refractivity contribution is -0.119. The Balaban J connectivity index is 0.799. The van der Waals surface area contributed by atoms with Gasteiger partial charge < -0.3 is 23.6 Å². The standard InChI is InChI=1S/C45H54ClN7O7S/c1-30-10-11-35(43-31(2)50-60-32(43)3)27-42(30)61(55,56)52-21-19-51(20-22-52)18-8-24-59-26-25-58-23-7-6-9-37(54)28-40-45-49-48-33(4)53(45)41-17-16-38(57-5)29-39(41)44(47-40)34-12-14-36(46)15-13-34/h10-17,27,29,40H,6-9,18-26,28H2,1-5H3/t40-/m0/s1. The number of sulfonamides is 1. The van der Waals surface area contributed by atoms with Gasteiger partial charge in [-0.3, -0.25) is 14.4 Å². The van der Waals surface area contributed by atoms with Crippen LogP contribution < -0.4 is 4.74 Å². The van der Waals surface area contributed by atoms with Gasteiger partial charge >= 0.3 is 0 Å². The molecule has 7 rings (SSSR count). The monoisotopic (exact) mass is 871 g/mol. The van der Waals surface area contributed by atoms with Gasteiger partial charge in [0, 0.05) is 80.5 Å². The van der Waals surface area contributed by atoms with Crippen LogP contribution in [0.1, 0.15) is 77.9 Å². The summed E-state index contributed by atoms with van der Waals surface area (Å²) in [6.45, 7) is 12.6. The maximum atomic E-state index is 13.7. The van der Waals surface area contributed by atoms with Gasteiger partial charge in [0.25, 0.3) is 0 Å². The molecule has 0 N–H and O–H groups in total. The number of hydrogen-bond acceptors (Lipinski definition) is 12. The summed E-state index contributed by atoms with van der Waals surface area (Å²) in [6.07, 6.45) is 2.90. The summed E-state index contributed by atoms with van der Waals surface area (Å²) in [5, 5.41) is 13.5. The number of fused-ring (bicyclic) bond motifs is 3. The quantitative estimate of drug-likeness (QED) is 0.0770. The highest BCUT2D eigenvalue weighted by Crippen LogP contribution is 2.35. The van der Waals surface area contributed by atoms with Crippen molar-refractivity contribution in [3.8, 4) is 22.6 Å². The first kappa shape index (κ1) is 44.3. The van der Waals surface area contributed by atoms with Crippen LogP contribution in [0.15, 0.2) is 75.1 Å². The Hall–Kier alpha value is -4.77. The molecule has 2 aliphatic heterocycles. The van der Waals surface area contributed by atoms with Gasteiger partial charge in [-0.15, -0.1) is 10.2 Å². The van der Waals surface area contributed by atoms with Crippen molar-refractivity contribution in [1.82, 2.24) is 29.1 Å². The summed E-state index contributed by atoms with van der Waals surface area (Å²) in [4.78, 5) is 21.1. The molecule has 14 nitrogen and oxygen atoms in total. The van der Waals surface area contributed by atoms with E-state index in [0.717, 1.165) is 58.7 Å². The number of hydrogen-bond donors (Lipinski definition) is 0. The Kier molecular flexibility index (Phi) is 14.5. The molecular formula is C45H54ClN7O7S. The summed E-state index contributed by atoms with van der Waals surface area (Å²) in [5.74, 6) is 2.79.